The van der Waals surface area contributed by atoms with Crippen molar-refractivity contribution in [3.05, 3.63) is 58.3 Å². The number of carbonyl (C=O) groups is 1. The Hall–Kier alpha value is -2.63. The zero-order valence-electron chi connectivity index (χ0n) is 10.3. The summed E-state index contributed by atoms with van der Waals surface area (Å²) in [5.41, 5.74) is 6.32. The number of aromatic nitrogens is 2. The molecule has 0 saturated carbocycles. The number of carboxylic acids is 1. The Morgan fingerprint density at radius 2 is 2.00 bits per heavy atom. The largest absolute Gasteiger partial charge is 0.479 e. The lowest BCUT2D eigenvalue weighted by atomic mass is 10.1. The predicted molar refractivity (Wildman–Crippen MR) is 69.9 cm³/mol. The van der Waals surface area contributed by atoms with Crippen LogP contribution >= 0.6 is 0 Å². The Labute approximate surface area is 109 Å². The van der Waals surface area contributed by atoms with Crippen molar-refractivity contribution in [3.63, 3.8) is 0 Å². The summed E-state index contributed by atoms with van der Waals surface area (Å²) >= 11 is 0. The van der Waals surface area contributed by atoms with Crippen LogP contribution in [0.2, 0.25) is 0 Å². The standard InChI is InChI=1S/C13H13N3O3/c1-8-2-4-9(5-3-8)11(13(18)19)16-7-15-6-10(14)12(16)17/h2-7,11H,14H2,1H3,(H,18,19). The molecule has 6 nitrogen and oxygen atoms in total. The molecule has 0 aliphatic heterocycles. The first-order valence-corrected chi connectivity index (χ1v) is 5.61. The van der Waals surface area contributed by atoms with Gasteiger partial charge in [-0.2, -0.15) is 0 Å². The fourth-order valence-corrected chi connectivity index (χ4v) is 1.80. The van der Waals surface area contributed by atoms with Gasteiger partial charge in [-0.25, -0.2) is 9.78 Å². The van der Waals surface area contributed by atoms with E-state index in [0.29, 0.717) is 5.56 Å². The molecule has 0 aliphatic rings. The Balaban J connectivity index is 2.58. The van der Waals surface area contributed by atoms with Crippen LogP contribution in [0.15, 0.2) is 41.6 Å². The zero-order chi connectivity index (χ0) is 14.0. The van der Waals surface area contributed by atoms with E-state index in [1.165, 1.54) is 12.5 Å². The van der Waals surface area contributed by atoms with Crippen LogP contribution < -0.4 is 11.3 Å². The van der Waals surface area contributed by atoms with Crippen LogP contribution in [0, 0.1) is 6.92 Å². The third-order valence-corrected chi connectivity index (χ3v) is 2.79. The Bertz CT molecular complexity index is 662. The first-order valence-electron chi connectivity index (χ1n) is 5.61. The second-order valence-corrected chi connectivity index (χ2v) is 4.21. The van der Waals surface area contributed by atoms with E-state index in [1.54, 1.807) is 24.3 Å². The summed E-state index contributed by atoms with van der Waals surface area (Å²) in [4.78, 5) is 27.1. The van der Waals surface area contributed by atoms with Gasteiger partial charge in [-0.15, -0.1) is 0 Å². The highest BCUT2D eigenvalue weighted by molar-refractivity contribution is 5.76. The highest BCUT2D eigenvalue weighted by Gasteiger charge is 2.23. The molecule has 0 bridgehead atoms. The monoisotopic (exact) mass is 259 g/mol. The topological polar surface area (TPSA) is 98.2 Å². The fourth-order valence-electron chi connectivity index (χ4n) is 1.80. The molecule has 0 fully saturated rings. The van der Waals surface area contributed by atoms with Gasteiger partial charge in [0.05, 0.1) is 12.5 Å². The summed E-state index contributed by atoms with van der Waals surface area (Å²) in [6, 6.07) is 5.78. The highest BCUT2D eigenvalue weighted by Crippen LogP contribution is 2.17. The number of rotatable bonds is 3. The van der Waals surface area contributed by atoms with Gasteiger partial charge in [-0.3, -0.25) is 9.36 Å². The van der Waals surface area contributed by atoms with Crippen molar-refractivity contribution in [1.29, 1.82) is 0 Å². The van der Waals surface area contributed by atoms with Gasteiger partial charge in [0.15, 0.2) is 6.04 Å². The maximum Gasteiger partial charge on any atom is 0.331 e. The number of aliphatic carboxylic acids is 1. The molecule has 0 aliphatic carbocycles. The van der Waals surface area contributed by atoms with Gasteiger partial charge in [0, 0.05) is 0 Å². The average Bonchev–Trinajstić information content (AvgIpc) is 2.37. The summed E-state index contributed by atoms with van der Waals surface area (Å²) in [6.45, 7) is 1.90. The van der Waals surface area contributed by atoms with Crippen LogP contribution in [-0.2, 0) is 4.79 Å². The van der Waals surface area contributed by atoms with Crippen molar-refractivity contribution in [2.45, 2.75) is 13.0 Å². The maximum absolute atomic E-state index is 11.9. The van der Waals surface area contributed by atoms with Crippen molar-refractivity contribution in [2.75, 3.05) is 5.73 Å². The second kappa shape index (κ2) is 4.93. The number of aryl methyl sites for hydroxylation is 1. The van der Waals surface area contributed by atoms with E-state index in [-0.39, 0.29) is 5.69 Å². The Morgan fingerprint density at radius 1 is 1.37 bits per heavy atom. The van der Waals surface area contributed by atoms with Crippen LogP contribution in [-0.4, -0.2) is 20.6 Å². The van der Waals surface area contributed by atoms with Crippen LogP contribution in [0.3, 0.4) is 0 Å². The average molecular weight is 259 g/mol. The molecule has 1 aromatic heterocycles. The molecule has 3 N–H and O–H groups in total. The minimum absolute atomic E-state index is 0.0825. The minimum atomic E-state index is -1.14. The van der Waals surface area contributed by atoms with Crippen molar-refractivity contribution in [2.24, 2.45) is 0 Å². The number of carboxylic acid groups (broad SMARTS) is 1. The number of hydrogen-bond donors (Lipinski definition) is 2. The second-order valence-electron chi connectivity index (χ2n) is 4.21. The Morgan fingerprint density at radius 3 is 2.58 bits per heavy atom. The van der Waals surface area contributed by atoms with Crippen molar-refractivity contribution in [3.8, 4) is 0 Å². The van der Waals surface area contributed by atoms with Crippen LogP contribution in [0.1, 0.15) is 17.2 Å². The van der Waals surface area contributed by atoms with E-state index in [4.69, 9.17) is 5.73 Å². The molecule has 1 heterocycles. The molecule has 1 unspecified atom stereocenters. The molecule has 0 radical (unpaired) electrons. The quantitative estimate of drug-likeness (QED) is 0.849. The van der Waals surface area contributed by atoms with E-state index < -0.39 is 17.6 Å². The van der Waals surface area contributed by atoms with Crippen LogP contribution in [0.25, 0.3) is 0 Å². The molecule has 0 spiro atoms. The third kappa shape index (κ3) is 2.47. The molecule has 19 heavy (non-hydrogen) atoms. The summed E-state index contributed by atoms with van der Waals surface area (Å²) < 4.78 is 1.02. The third-order valence-electron chi connectivity index (χ3n) is 2.79. The maximum atomic E-state index is 11.9. The SMILES string of the molecule is Cc1ccc(C(C(=O)O)n2cncc(N)c2=O)cc1. The summed E-state index contributed by atoms with van der Waals surface area (Å²) in [5.74, 6) is -1.14. The van der Waals surface area contributed by atoms with Crippen LogP contribution in [0.4, 0.5) is 5.69 Å². The van der Waals surface area contributed by atoms with E-state index >= 15 is 0 Å². The molecule has 0 amide bonds. The lowest BCUT2D eigenvalue weighted by molar-refractivity contribution is -0.139. The minimum Gasteiger partial charge on any atom is -0.479 e. The van der Waals surface area contributed by atoms with E-state index in [9.17, 15) is 14.7 Å². The molecule has 2 rings (SSSR count). The smallest absolute Gasteiger partial charge is 0.331 e. The molecule has 2 aromatic rings. The number of nitrogens with zero attached hydrogens (tertiary/aromatic N) is 2. The molecule has 1 atom stereocenters. The lowest BCUT2D eigenvalue weighted by Crippen LogP contribution is -2.32. The first-order chi connectivity index (χ1) is 9.00. The lowest BCUT2D eigenvalue weighted by Gasteiger charge is -2.16. The highest BCUT2D eigenvalue weighted by atomic mass is 16.4. The van der Waals surface area contributed by atoms with E-state index in [0.717, 1.165) is 10.1 Å². The van der Waals surface area contributed by atoms with E-state index in [2.05, 4.69) is 4.98 Å². The van der Waals surface area contributed by atoms with Gasteiger partial charge >= 0.3 is 5.97 Å². The molecule has 6 heteroatoms. The van der Waals surface area contributed by atoms with Gasteiger partial charge in [-0.05, 0) is 12.5 Å². The summed E-state index contributed by atoms with van der Waals surface area (Å²) in [6.07, 6.45) is 2.38. The van der Waals surface area contributed by atoms with Crippen LogP contribution in [0.5, 0.6) is 0 Å². The van der Waals surface area contributed by atoms with Crippen molar-refractivity contribution >= 4 is 11.7 Å². The molecular weight excluding hydrogens is 246 g/mol. The van der Waals surface area contributed by atoms with Crippen molar-refractivity contribution < 1.29 is 9.90 Å². The van der Waals surface area contributed by atoms with Crippen molar-refractivity contribution in [1.82, 2.24) is 9.55 Å². The zero-order valence-corrected chi connectivity index (χ0v) is 10.3. The molecule has 1 aromatic carbocycles. The predicted octanol–water partition coefficient (Wildman–Crippen LogP) is 0.808. The molecule has 98 valence electrons. The first kappa shape index (κ1) is 12.8. The molecule has 0 saturated heterocycles. The number of anilines is 1. The van der Waals surface area contributed by atoms with Gasteiger partial charge < -0.3 is 10.8 Å². The number of hydrogen-bond acceptors (Lipinski definition) is 4. The number of nitrogen functional groups attached to an aromatic ring is 1. The molecular formula is C13H13N3O3. The van der Waals surface area contributed by atoms with Gasteiger partial charge in [0.2, 0.25) is 0 Å². The summed E-state index contributed by atoms with van der Waals surface area (Å²) in [7, 11) is 0. The van der Waals surface area contributed by atoms with E-state index in [1.807, 2.05) is 6.92 Å². The fraction of sp³-hybridized carbons (Fsp3) is 0.154. The summed E-state index contributed by atoms with van der Waals surface area (Å²) in [5, 5.41) is 9.34. The normalized spacial score (nSPS) is 12.1. The number of benzene rings is 1. The van der Waals surface area contributed by atoms with Gasteiger partial charge in [-0.1, -0.05) is 29.8 Å². The number of nitrogens with two attached hydrogens (primary N) is 1. The van der Waals surface area contributed by atoms with Gasteiger partial charge in [0.1, 0.15) is 5.69 Å². The Kier molecular flexibility index (Phi) is 3.33. The van der Waals surface area contributed by atoms with Gasteiger partial charge in [0.25, 0.3) is 5.56 Å².